The first kappa shape index (κ1) is 17.7. The zero-order valence-corrected chi connectivity index (χ0v) is 14.5. The Hall–Kier alpha value is -2.08. The molecule has 0 bridgehead atoms. The number of ether oxygens (including phenoxy) is 1. The normalized spacial score (nSPS) is 22.1. The van der Waals surface area contributed by atoms with Gasteiger partial charge in [0.2, 0.25) is 11.8 Å². The Morgan fingerprint density at radius 1 is 1.16 bits per heavy atom. The third-order valence-corrected chi connectivity index (χ3v) is 4.93. The SMILES string of the molecule is O=C1CN(C(=O)C2CCCC2)CC(O)CN1CCOc1ccccc1. The zero-order valence-electron chi connectivity index (χ0n) is 14.5. The van der Waals surface area contributed by atoms with E-state index in [4.69, 9.17) is 4.74 Å². The molecule has 0 spiro atoms. The third kappa shape index (κ3) is 4.72. The molecule has 1 saturated heterocycles. The van der Waals surface area contributed by atoms with Gasteiger partial charge in [-0.2, -0.15) is 0 Å². The van der Waals surface area contributed by atoms with E-state index in [1.54, 1.807) is 9.80 Å². The molecule has 1 aliphatic heterocycles. The maximum Gasteiger partial charge on any atom is 0.242 e. The van der Waals surface area contributed by atoms with Crippen molar-refractivity contribution in [3.8, 4) is 5.75 Å². The number of aliphatic hydroxyl groups is 1. The van der Waals surface area contributed by atoms with E-state index in [-0.39, 0.29) is 37.4 Å². The van der Waals surface area contributed by atoms with Crippen molar-refractivity contribution in [3.05, 3.63) is 30.3 Å². The van der Waals surface area contributed by atoms with Gasteiger partial charge < -0.3 is 19.6 Å². The number of rotatable bonds is 5. The van der Waals surface area contributed by atoms with E-state index >= 15 is 0 Å². The number of para-hydroxylation sites is 1. The van der Waals surface area contributed by atoms with Crippen molar-refractivity contribution in [2.75, 3.05) is 32.8 Å². The number of carbonyl (C=O) groups is 2. The first-order valence-corrected chi connectivity index (χ1v) is 9.06. The second-order valence-corrected chi connectivity index (χ2v) is 6.86. The van der Waals surface area contributed by atoms with Gasteiger partial charge in [0, 0.05) is 19.0 Å². The van der Waals surface area contributed by atoms with Gasteiger partial charge in [0.15, 0.2) is 0 Å². The Bertz CT molecular complexity index is 586. The van der Waals surface area contributed by atoms with Crippen LogP contribution in [0.2, 0.25) is 0 Å². The molecular weight excluding hydrogens is 320 g/mol. The van der Waals surface area contributed by atoms with Crippen molar-refractivity contribution in [1.29, 1.82) is 0 Å². The van der Waals surface area contributed by atoms with Crippen LogP contribution in [-0.2, 0) is 9.59 Å². The van der Waals surface area contributed by atoms with E-state index < -0.39 is 6.10 Å². The number of β-amino-alcohol motifs (C(OH)–C–C–N with tert-alkyl or cyclic N) is 1. The zero-order chi connectivity index (χ0) is 17.6. The van der Waals surface area contributed by atoms with Gasteiger partial charge in [-0.15, -0.1) is 0 Å². The molecule has 3 rings (SSSR count). The Kier molecular flexibility index (Phi) is 5.91. The molecule has 25 heavy (non-hydrogen) atoms. The lowest BCUT2D eigenvalue weighted by atomic mass is 10.1. The van der Waals surface area contributed by atoms with Crippen LogP contribution in [0.15, 0.2) is 30.3 Å². The summed E-state index contributed by atoms with van der Waals surface area (Å²) >= 11 is 0. The largest absolute Gasteiger partial charge is 0.492 e. The second-order valence-electron chi connectivity index (χ2n) is 6.86. The molecule has 1 N–H and O–H groups in total. The van der Waals surface area contributed by atoms with Crippen molar-refractivity contribution in [2.24, 2.45) is 5.92 Å². The molecule has 6 nitrogen and oxygen atoms in total. The lowest BCUT2D eigenvalue weighted by molar-refractivity contribution is -0.141. The average molecular weight is 346 g/mol. The minimum absolute atomic E-state index is 0.0206. The van der Waals surface area contributed by atoms with Gasteiger partial charge in [-0.1, -0.05) is 31.0 Å². The molecule has 2 amide bonds. The van der Waals surface area contributed by atoms with E-state index in [1.165, 1.54) is 0 Å². The monoisotopic (exact) mass is 346 g/mol. The van der Waals surface area contributed by atoms with E-state index in [0.29, 0.717) is 13.2 Å². The highest BCUT2D eigenvalue weighted by molar-refractivity contribution is 5.86. The molecule has 1 saturated carbocycles. The fourth-order valence-corrected chi connectivity index (χ4v) is 3.60. The highest BCUT2D eigenvalue weighted by atomic mass is 16.5. The van der Waals surface area contributed by atoms with Crippen molar-refractivity contribution in [3.63, 3.8) is 0 Å². The van der Waals surface area contributed by atoms with Crippen molar-refractivity contribution >= 4 is 11.8 Å². The summed E-state index contributed by atoms with van der Waals surface area (Å²) in [4.78, 5) is 28.2. The van der Waals surface area contributed by atoms with Crippen LogP contribution in [0.1, 0.15) is 25.7 Å². The summed E-state index contributed by atoms with van der Waals surface area (Å²) in [6, 6.07) is 9.42. The summed E-state index contributed by atoms with van der Waals surface area (Å²) < 4.78 is 5.63. The number of hydrogen-bond donors (Lipinski definition) is 1. The number of hydrogen-bond acceptors (Lipinski definition) is 4. The molecular formula is C19H26N2O4. The number of benzene rings is 1. The standard InChI is InChI=1S/C19H26N2O4/c22-16-12-20(10-11-25-17-8-2-1-3-9-17)18(23)14-21(13-16)19(24)15-6-4-5-7-15/h1-3,8-9,15-16,22H,4-7,10-14H2. The predicted octanol–water partition coefficient (Wildman–Crippen LogP) is 1.29. The first-order chi connectivity index (χ1) is 12.1. The molecule has 6 heteroatoms. The van der Waals surface area contributed by atoms with E-state index in [0.717, 1.165) is 31.4 Å². The van der Waals surface area contributed by atoms with Gasteiger partial charge in [0.1, 0.15) is 12.4 Å². The summed E-state index contributed by atoms with van der Waals surface area (Å²) in [5.41, 5.74) is 0. The molecule has 0 aromatic heterocycles. The van der Waals surface area contributed by atoms with Crippen LogP contribution in [-0.4, -0.2) is 65.6 Å². The molecule has 2 fully saturated rings. The molecule has 1 unspecified atom stereocenters. The van der Waals surface area contributed by atoms with Crippen molar-refractivity contribution in [2.45, 2.75) is 31.8 Å². The van der Waals surface area contributed by atoms with Gasteiger partial charge in [0.25, 0.3) is 0 Å². The van der Waals surface area contributed by atoms with Crippen LogP contribution in [0.4, 0.5) is 0 Å². The van der Waals surface area contributed by atoms with Gasteiger partial charge in [0.05, 0.1) is 19.2 Å². The van der Waals surface area contributed by atoms with Crippen molar-refractivity contribution in [1.82, 2.24) is 9.80 Å². The maximum absolute atomic E-state index is 12.6. The van der Waals surface area contributed by atoms with Crippen LogP contribution in [0.25, 0.3) is 0 Å². The maximum atomic E-state index is 12.6. The van der Waals surface area contributed by atoms with Crippen LogP contribution in [0, 0.1) is 5.92 Å². The predicted molar refractivity (Wildman–Crippen MR) is 93.1 cm³/mol. The number of nitrogens with zero attached hydrogens (tertiary/aromatic N) is 2. The Labute approximate surface area is 148 Å². The first-order valence-electron chi connectivity index (χ1n) is 9.06. The van der Waals surface area contributed by atoms with Gasteiger partial charge in [-0.25, -0.2) is 0 Å². The lowest BCUT2D eigenvalue weighted by Crippen LogP contribution is -2.42. The Balaban J connectivity index is 1.53. The van der Waals surface area contributed by atoms with Gasteiger partial charge >= 0.3 is 0 Å². The van der Waals surface area contributed by atoms with Gasteiger partial charge in [-0.3, -0.25) is 9.59 Å². The lowest BCUT2D eigenvalue weighted by Gasteiger charge is -2.24. The minimum atomic E-state index is -0.714. The molecule has 1 atom stereocenters. The second kappa shape index (κ2) is 8.34. The Morgan fingerprint density at radius 3 is 2.60 bits per heavy atom. The van der Waals surface area contributed by atoms with E-state index in [9.17, 15) is 14.7 Å². The fraction of sp³-hybridized carbons (Fsp3) is 0.579. The molecule has 1 aromatic rings. The highest BCUT2D eigenvalue weighted by Gasteiger charge is 2.33. The van der Waals surface area contributed by atoms with E-state index in [1.807, 2.05) is 30.3 Å². The highest BCUT2D eigenvalue weighted by Crippen LogP contribution is 2.27. The Morgan fingerprint density at radius 2 is 1.88 bits per heavy atom. The minimum Gasteiger partial charge on any atom is -0.492 e. The number of amides is 2. The van der Waals surface area contributed by atoms with Crippen molar-refractivity contribution < 1.29 is 19.4 Å². The fourth-order valence-electron chi connectivity index (χ4n) is 3.60. The number of carbonyl (C=O) groups excluding carboxylic acids is 2. The van der Waals surface area contributed by atoms with E-state index in [2.05, 4.69) is 0 Å². The molecule has 0 radical (unpaired) electrons. The molecule has 1 aliphatic carbocycles. The summed E-state index contributed by atoms with van der Waals surface area (Å²) in [5, 5.41) is 10.2. The summed E-state index contributed by atoms with van der Waals surface area (Å²) in [7, 11) is 0. The van der Waals surface area contributed by atoms with Crippen LogP contribution in [0.5, 0.6) is 5.75 Å². The smallest absolute Gasteiger partial charge is 0.242 e. The molecule has 136 valence electrons. The quantitative estimate of drug-likeness (QED) is 0.872. The van der Waals surface area contributed by atoms with Crippen LogP contribution >= 0.6 is 0 Å². The summed E-state index contributed by atoms with van der Waals surface area (Å²) in [6.45, 7) is 1.29. The van der Waals surface area contributed by atoms with Crippen LogP contribution < -0.4 is 4.74 Å². The molecule has 1 aromatic carbocycles. The average Bonchev–Trinajstić information content (AvgIpc) is 3.10. The molecule has 1 heterocycles. The third-order valence-electron chi connectivity index (χ3n) is 4.93. The summed E-state index contributed by atoms with van der Waals surface area (Å²) in [6.07, 6.45) is 3.23. The number of aliphatic hydroxyl groups excluding tert-OH is 1. The van der Waals surface area contributed by atoms with Crippen LogP contribution in [0.3, 0.4) is 0 Å². The summed E-state index contributed by atoms with van der Waals surface area (Å²) in [5.74, 6) is 0.670. The van der Waals surface area contributed by atoms with Gasteiger partial charge in [-0.05, 0) is 25.0 Å². The molecule has 2 aliphatic rings. The topological polar surface area (TPSA) is 70.1 Å².